The maximum atomic E-state index is 12.2. The van der Waals surface area contributed by atoms with E-state index in [4.69, 9.17) is 27.9 Å². The number of carbonyl (C=O) groups excluding carboxylic acids is 2. The van der Waals surface area contributed by atoms with Crippen molar-refractivity contribution in [2.24, 2.45) is 0 Å². The summed E-state index contributed by atoms with van der Waals surface area (Å²) < 4.78 is 5.37. The molecule has 2 aromatic rings. The summed E-state index contributed by atoms with van der Waals surface area (Å²) in [5.74, 6) is -0.604. The molecule has 0 heterocycles. The number of hydrogen-bond donors (Lipinski definition) is 2. The minimum Gasteiger partial charge on any atom is -0.493 e. The normalized spacial score (nSPS) is 10.0. The molecule has 0 bridgehead atoms. The van der Waals surface area contributed by atoms with Crippen LogP contribution in [0.4, 0.5) is 0 Å². The van der Waals surface area contributed by atoms with E-state index in [1.54, 1.807) is 24.3 Å². The van der Waals surface area contributed by atoms with Crippen LogP contribution in [-0.2, 0) is 0 Å². The van der Waals surface area contributed by atoms with Crippen molar-refractivity contribution >= 4 is 35.0 Å². The van der Waals surface area contributed by atoms with Crippen molar-refractivity contribution in [1.29, 1.82) is 0 Å². The molecule has 0 unspecified atom stereocenters. The molecular formula is C16H14Cl2N2O3. The molecule has 2 amide bonds. The van der Waals surface area contributed by atoms with Crippen LogP contribution in [0.3, 0.4) is 0 Å². The Hall–Kier alpha value is -2.24. The highest BCUT2D eigenvalue weighted by atomic mass is 35.5. The van der Waals surface area contributed by atoms with Crippen LogP contribution in [0.25, 0.3) is 0 Å². The Balaban J connectivity index is 2.06. The maximum Gasteiger partial charge on any atom is 0.273 e. The van der Waals surface area contributed by atoms with Crippen molar-refractivity contribution in [3.63, 3.8) is 0 Å². The highest BCUT2D eigenvalue weighted by Gasteiger charge is 2.15. The van der Waals surface area contributed by atoms with Gasteiger partial charge in [0.2, 0.25) is 0 Å². The molecule has 120 valence electrons. The highest BCUT2D eigenvalue weighted by Crippen LogP contribution is 2.21. The number of ether oxygens (including phenoxy) is 1. The van der Waals surface area contributed by atoms with Gasteiger partial charge < -0.3 is 4.74 Å². The second kappa shape index (κ2) is 7.85. The lowest BCUT2D eigenvalue weighted by molar-refractivity contribution is 0.0844. The van der Waals surface area contributed by atoms with E-state index in [-0.39, 0.29) is 10.6 Å². The van der Waals surface area contributed by atoms with Gasteiger partial charge in [0, 0.05) is 5.02 Å². The Labute approximate surface area is 143 Å². The van der Waals surface area contributed by atoms with Gasteiger partial charge >= 0.3 is 0 Å². The summed E-state index contributed by atoms with van der Waals surface area (Å²) in [7, 11) is 0. The van der Waals surface area contributed by atoms with Crippen LogP contribution in [0, 0.1) is 0 Å². The van der Waals surface area contributed by atoms with Gasteiger partial charge in [0.25, 0.3) is 11.8 Å². The van der Waals surface area contributed by atoms with Crippen LogP contribution in [0.1, 0.15) is 27.6 Å². The number of amides is 2. The Morgan fingerprint density at radius 2 is 1.65 bits per heavy atom. The van der Waals surface area contributed by atoms with E-state index in [0.29, 0.717) is 22.9 Å². The standard InChI is InChI=1S/C16H14Cl2N2O3/c1-2-23-14-6-4-3-5-12(14)16(22)20-19-15(21)11-8-7-10(17)9-13(11)18/h3-9H,2H2,1H3,(H,19,21)(H,20,22). The molecule has 0 aliphatic heterocycles. The number of para-hydroxylation sites is 1. The number of carbonyl (C=O) groups is 2. The molecule has 0 fully saturated rings. The molecule has 0 atom stereocenters. The van der Waals surface area contributed by atoms with Gasteiger partial charge in [-0.1, -0.05) is 35.3 Å². The third-order valence-corrected chi connectivity index (χ3v) is 3.44. The minimum absolute atomic E-state index is 0.193. The molecule has 2 aromatic carbocycles. The molecule has 0 aliphatic rings. The van der Waals surface area contributed by atoms with E-state index in [1.165, 1.54) is 18.2 Å². The van der Waals surface area contributed by atoms with E-state index in [0.717, 1.165) is 0 Å². The number of halogens is 2. The molecule has 0 aliphatic carbocycles. The number of hydrazine groups is 1. The number of rotatable bonds is 4. The van der Waals surface area contributed by atoms with Crippen molar-refractivity contribution in [1.82, 2.24) is 10.9 Å². The monoisotopic (exact) mass is 352 g/mol. The van der Waals surface area contributed by atoms with Crippen LogP contribution in [0.2, 0.25) is 10.0 Å². The lowest BCUT2D eigenvalue weighted by atomic mass is 10.2. The summed E-state index contributed by atoms with van der Waals surface area (Å²) in [6.07, 6.45) is 0. The summed E-state index contributed by atoms with van der Waals surface area (Å²) in [6, 6.07) is 11.2. The summed E-state index contributed by atoms with van der Waals surface area (Å²) in [5.41, 5.74) is 5.15. The van der Waals surface area contributed by atoms with Crippen LogP contribution in [-0.4, -0.2) is 18.4 Å². The van der Waals surface area contributed by atoms with Gasteiger partial charge in [-0.3, -0.25) is 20.4 Å². The average Bonchev–Trinajstić information content (AvgIpc) is 2.53. The van der Waals surface area contributed by atoms with Crippen molar-refractivity contribution in [2.75, 3.05) is 6.61 Å². The van der Waals surface area contributed by atoms with Crippen LogP contribution >= 0.6 is 23.2 Å². The maximum absolute atomic E-state index is 12.2. The summed E-state index contributed by atoms with van der Waals surface area (Å²) in [5, 5.41) is 0.611. The lowest BCUT2D eigenvalue weighted by Crippen LogP contribution is -2.41. The van der Waals surface area contributed by atoms with Crippen molar-refractivity contribution < 1.29 is 14.3 Å². The first-order chi connectivity index (χ1) is 11.0. The smallest absolute Gasteiger partial charge is 0.273 e. The first-order valence-corrected chi connectivity index (χ1v) is 7.56. The molecule has 7 heteroatoms. The van der Waals surface area contributed by atoms with Gasteiger partial charge in [-0.15, -0.1) is 0 Å². The van der Waals surface area contributed by atoms with Gasteiger partial charge in [0.05, 0.1) is 22.8 Å². The van der Waals surface area contributed by atoms with Crippen molar-refractivity contribution in [3.8, 4) is 5.75 Å². The molecule has 0 saturated carbocycles. The molecule has 0 aromatic heterocycles. The van der Waals surface area contributed by atoms with Crippen molar-refractivity contribution in [3.05, 3.63) is 63.6 Å². The van der Waals surface area contributed by atoms with Gasteiger partial charge in [-0.2, -0.15) is 0 Å². The highest BCUT2D eigenvalue weighted by molar-refractivity contribution is 6.36. The average molecular weight is 353 g/mol. The molecule has 23 heavy (non-hydrogen) atoms. The van der Waals surface area contributed by atoms with Gasteiger partial charge in [0.15, 0.2) is 0 Å². The van der Waals surface area contributed by atoms with E-state index in [2.05, 4.69) is 10.9 Å². The molecule has 0 saturated heterocycles. The Bertz CT molecular complexity index is 735. The quantitative estimate of drug-likeness (QED) is 0.828. The first-order valence-electron chi connectivity index (χ1n) is 6.80. The van der Waals surface area contributed by atoms with Gasteiger partial charge in [-0.05, 0) is 37.3 Å². The fourth-order valence-corrected chi connectivity index (χ4v) is 2.35. The summed E-state index contributed by atoms with van der Waals surface area (Å²) in [4.78, 5) is 24.2. The fraction of sp³-hybridized carbons (Fsp3) is 0.125. The van der Waals surface area contributed by atoms with E-state index < -0.39 is 11.8 Å². The molecule has 5 nitrogen and oxygen atoms in total. The van der Waals surface area contributed by atoms with Gasteiger partial charge in [0.1, 0.15) is 5.75 Å². The minimum atomic E-state index is -0.547. The summed E-state index contributed by atoms with van der Waals surface area (Å²) >= 11 is 11.7. The predicted molar refractivity (Wildman–Crippen MR) is 89.0 cm³/mol. The zero-order valence-corrected chi connectivity index (χ0v) is 13.7. The van der Waals surface area contributed by atoms with Crippen LogP contribution < -0.4 is 15.6 Å². The van der Waals surface area contributed by atoms with Crippen LogP contribution in [0.5, 0.6) is 5.75 Å². The first kappa shape index (κ1) is 17.1. The lowest BCUT2D eigenvalue weighted by Gasteiger charge is -2.11. The number of hydrogen-bond acceptors (Lipinski definition) is 3. The largest absolute Gasteiger partial charge is 0.493 e. The Kier molecular flexibility index (Phi) is 5.84. The topological polar surface area (TPSA) is 67.4 Å². The molecule has 2 rings (SSSR count). The van der Waals surface area contributed by atoms with E-state index in [1.807, 2.05) is 6.92 Å². The Morgan fingerprint density at radius 1 is 1.00 bits per heavy atom. The number of benzene rings is 2. The molecule has 0 radical (unpaired) electrons. The van der Waals surface area contributed by atoms with Crippen LogP contribution in [0.15, 0.2) is 42.5 Å². The third-order valence-electron chi connectivity index (χ3n) is 2.90. The molecule has 0 spiro atoms. The summed E-state index contributed by atoms with van der Waals surface area (Å²) in [6.45, 7) is 2.25. The fourth-order valence-electron chi connectivity index (χ4n) is 1.86. The third kappa shape index (κ3) is 4.37. The second-order valence-electron chi connectivity index (χ2n) is 4.46. The van der Waals surface area contributed by atoms with E-state index in [9.17, 15) is 9.59 Å². The van der Waals surface area contributed by atoms with Gasteiger partial charge in [-0.25, -0.2) is 0 Å². The zero-order chi connectivity index (χ0) is 16.8. The number of nitrogens with one attached hydrogen (secondary N) is 2. The second-order valence-corrected chi connectivity index (χ2v) is 5.31. The van der Waals surface area contributed by atoms with Crippen molar-refractivity contribution in [2.45, 2.75) is 6.92 Å². The predicted octanol–water partition coefficient (Wildman–Crippen LogP) is 3.47. The van der Waals surface area contributed by atoms with E-state index >= 15 is 0 Å². The zero-order valence-electron chi connectivity index (χ0n) is 12.2. The SMILES string of the molecule is CCOc1ccccc1C(=O)NNC(=O)c1ccc(Cl)cc1Cl. The molecular weight excluding hydrogens is 339 g/mol. The Morgan fingerprint density at radius 3 is 2.30 bits per heavy atom. The molecule has 2 N–H and O–H groups in total.